The van der Waals surface area contributed by atoms with Crippen molar-refractivity contribution in [3.63, 3.8) is 0 Å². The highest BCUT2D eigenvalue weighted by atomic mass is 16.6. The van der Waals surface area contributed by atoms with Gasteiger partial charge in [0.15, 0.2) is 0 Å². The lowest BCUT2D eigenvalue weighted by Crippen LogP contribution is -2.46. The van der Waals surface area contributed by atoms with E-state index in [1.54, 1.807) is 20.8 Å². The molecule has 122 valence electrons. The Morgan fingerprint density at radius 3 is 2.19 bits per heavy atom. The van der Waals surface area contributed by atoms with Crippen LogP contribution in [0.25, 0.3) is 0 Å². The summed E-state index contributed by atoms with van der Waals surface area (Å²) in [7, 11) is 0. The summed E-state index contributed by atoms with van der Waals surface area (Å²) in [4.78, 5) is 23.4. The van der Waals surface area contributed by atoms with Crippen LogP contribution in [0.1, 0.15) is 60.3 Å². The van der Waals surface area contributed by atoms with Crippen LogP contribution in [0.4, 0.5) is 4.79 Å². The molecule has 0 atom stereocenters. The molecule has 0 aromatic heterocycles. The molecule has 1 amide bonds. The van der Waals surface area contributed by atoms with Gasteiger partial charge < -0.3 is 15.2 Å². The first kappa shape index (κ1) is 17.8. The van der Waals surface area contributed by atoms with E-state index in [2.05, 4.69) is 19.2 Å². The number of hydrogen-bond acceptors (Lipinski definition) is 3. The van der Waals surface area contributed by atoms with Crippen molar-refractivity contribution in [2.45, 2.75) is 65.9 Å². The third-order valence-electron chi connectivity index (χ3n) is 4.35. The number of amides is 1. The number of ether oxygens (including phenoxy) is 1. The van der Waals surface area contributed by atoms with Gasteiger partial charge in [-0.15, -0.1) is 0 Å². The predicted molar refractivity (Wildman–Crippen MR) is 81.1 cm³/mol. The van der Waals surface area contributed by atoms with Crippen LogP contribution in [0.3, 0.4) is 0 Å². The highest BCUT2D eigenvalue weighted by Gasteiger charge is 2.42. The van der Waals surface area contributed by atoms with Gasteiger partial charge in [-0.3, -0.25) is 4.79 Å². The zero-order valence-corrected chi connectivity index (χ0v) is 13.9. The highest BCUT2D eigenvalue weighted by molar-refractivity contribution is 5.76. The zero-order valence-electron chi connectivity index (χ0n) is 13.9. The summed E-state index contributed by atoms with van der Waals surface area (Å²) in [5.41, 5.74) is -1.42. The van der Waals surface area contributed by atoms with Crippen LogP contribution in [0, 0.1) is 17.3 Å². The molecule has 0 aromatic carbocycles. The van der Waals surface area contributed by atoms with Crippen molar-refractivity contribution in [1.82, 2.24) is 5.32 Å². The van der Waals surface area contributed by atoms with E-state index in [9.17, 15) is 14.7 Å². The fourth-order valence-electron chi connectivity index (χ4n) is 2.88. The van der Waals surface area contributed by atoms with Gasteiger partial charge in [-0.2, -0.15) is 0 Å². The second-order valence-electron chi connectivity index (χ2n) is 7.52. The summed E-state index contributed by atoms with van der Waals surface area (Å²) >= 11 is 0. The SMILES string of the molecule is CC(C)C1CCC(CNC(=O)OC(C)(C)C)(C(=O)O)CC1. The number of carbonyl (C=O) groups excluding carboxylic acids is 1. The van der Waals surface area contributed by atoms with E-state index >= 15 is 0 Å². The summed E-state index contributed by atoms with van der Waals surface area (Å²) < 4.78 is 5.17. The molecule has 0 aliphatic heterocycles. The Labute approximate surface area is 127 Å². The summed E-state index contributed by atoms with van der Waals surface area (Å²) in [6.45, 7) is 9.85. The molecule has 21 heavy (non-hydrogen) atoms. The van der Waals surface area contributed by atoms with Crippen molar-refractivity contribution in [2.24, 2.45) is 17.3 Å². The van der Waals surface area contributed by atoms with Crippen LogP contribution in [0.2, 0.25) is 0 Å². The Bertz CT molecular complexity index is 376. The van der Waals surface area contributed by atoms with Crippen LogP contribution in [-0.2, 0) is 9.53 Å². The van der Waals surface area contributed by atoms with E-state index in [0.717, 1.165) is 12.8 Å². The molecule has 1 rings (SSSR count). The number of carboxylic acids is 1. The fourth-order valence-corrected chi connectivity index (χ4v) is 2.88. The third-order valence-corrected chi connectivity index (χ3v) is 4.35. The molecule has 1 aliphatic rings. The Morgan fingerprint density at radius 1 is 1.29 bits per heavy atom. The van der Waals surface area contributed by atoms with Gasteiger partial charge in [-0.1, -0.05) is 13.8 Å². The predicted octanol–water partition coefficient (Wildman–Crippen LogP) is 3.43. The first-order valence-electron chi connectivity index (χ1n) is 7.76. The van der Waals surface area contributed by atoms with Crippen LogP contribution in [0.5, 0.6) is 0 Å². The Hall–Kier alpha value is -1.26. The number of rotatable bonds is 4. The van der Waals surface area contributed by atoms with E-state index in [-0.39, 0.29) is 6.54 Å². The second kappa shape index (κ2) is 6.67. The lowest BCUT2D eigenvalue weighted by atomic mass is 9.68. The van der Waals surface area contributed by atoms with Crippen molar-refractivity contribution < 1.29 is 19.4 Å². The van der Waals surface area contributed by atoms with Crippen molar-refractivity contribution in [1.29, 1.82) is 0 Å². The maximum absolute atomic E-state index is 11.7. The Morgan fingerprint density at radius 2 is 1.81 bits per heavy atom. The Balaban J connectivity index is 2.59. The van der Waals surface area contributed by atoms with E-state index in [1.165, 1.54) is 0 Å². The van der Waals surface area contributed by atoms with Crippen LogP contribution >= 0.6 is 0 Å². The van der Waals surface area contributed by atoms with Crippen molar-refractivity contribution in [2.75, 3.05) is 6.54 Å². The average molecular weight is 299 g/mol. The summed E-state index contributed by atoms with van der Waals surface area (Å²) in [6.07, 6.45) is 2.48. The quantitative estimate of drug-likeness (QED) is 0.834. The topological polar surface area (TPSA) is 75.6 Å². The molecule has 5 nitrogen and oxygen atoms in total. The standard InChI is InChI=1S/C16H29NO4/c1-11(2)12-6-8-16(9-7-12,13(18)19)10-17-14(20)21-15(3,4)5/h11-12H,6-10H2,1-5H3,(H,17,20)(H,18,19). The van der Waals surface area contributed by atoms with Crippen LogP contribution in [0.15, 0.2) is 0 Å². The normalized spacial score (nSPS) is 26.5. The monoisotopic (exact) mass is 299 g/mol. The summed E-state index contributed by atoms with van der Waals surface area (Å²) in [5, 5.41) is 12.2. The highest BCUT2D eigenvalue weighted by Crippen LogP contribution is 2.41. The van der Waals surface area contributed by atoms with Gasteiger partial charge >= 0.3 is 12.1 Å². The molecule has 5 heteroatoms. The maximum atomic E-state index is 11.7. The molecular formula is C16H29NO4. The van der Waals surface area contributed by atoms with Crippen molar-refractivity contribution in [3.8, 4) is 0 Å². The van der Waals surface area contributed by atoms with Gasteiger partial charge in [0.25, 0.3) is 0 Å². The van der Waals surface area contributed by atoms with Crippen molar-refractivity contribution in [3.05, 3.63) is 0 Å². The van der Waals surface area contributed by atoms with Gasteiger partial charge in [-0.05, 0) is 58.3 Å². The number of carboxylic acid groups (broad SMARTS) is 1. The second-order valence-corrected chi connectivity index (χ2v) is 7.52. The van der Waals surface area contributed by atoms with Gasteiger partial charge in [0.1, 0.15) is 5.60 Å². The molecule has 0 heterocycles. The number of nitrogens with one attached hydrogen (secondary N) is 1. The lowest BCUT2D eigenvalue weighted by Gasteiger charge is -2.38. The molecule has 1 fully saturated rings. The number of carbonyl (C=O) groups is 2. The third kappa shape index (κ3) is 5.21. The largest absolute Gasteiger partial charge is 0.481 e. The molecule has 1 aliphatic carbocycles. The zero-order chi connectivity index (χ0) is 16.3. The summed E-state index contributed by atoms with van der Waals surface area (Å²) in [5.74, 6) is 0.343. The van der Waals surface area contributed by atoms with Gasteiger partial charge in [0.05, 0.1) is 5.41 Å². The van der Waals surface area contributed by atoms with Gasteiger partial charge in [0, 0.05) is 6.54 Å². The van der Waals surface area contributed by atoms with E-state index in [4.69, 9.17) is 4.74 Å². The van der Waals surface area contributed by atoms with E-state index in [0.29, 0.717) is 24.7 Å². The van der Waals surface area contributed by atoms with Crippen LogP contribution in [-0.4, -0.2) is 29.3 Å². The number of hydrogen-bond donors (Lipinski definition) is 2. The molecule has 0 unspecified atom stereocenters. The maximum Gasteiger partial charge on any atom is 0.407 e. The minimum absolute atomic E-state index is 0.141. The smallest absolute Gasteiger partial charge is 0.407 e. The van der Waals surface area contributed by atoms with Gasteiger partial charge in [-0.25, -0.2) is 4.79 Å². The molecule has 0 radical (unpaired) electrons. The number of aliphatic carboxylic acids is 1. The first-order valence-corrected chi connectivity index (χ1v) is 7.76. The molecule has 0 aromatic rings. The molecule has 0 spiro atoms. The van der Waals surface area contributed by atoms with Crippen LogP contribution < -0.4 is 5.32 Å². The van der Waals surface area contributed by atoms with Crippen molar-refractivity contribution >= 4 is 12.1 Å². The first-order chi connectivity index (χ1) is 9.56. The van der Waals surface area contributed by atoms with E-state index in [1.807, 2.05) is 0 Å². The minimum Gasteiger partial charge on any atom is -0.481 e. The average Bonchev–Trinajstić information content (AvgIpc) is 2.34. The van der Waals surface area contributed by atoms with Gasteiger partial charge in [0.2, 0.25) is 0 Å². The minimum atomic E-state index is -0.845. The Kier molecular flexibility index (Phi) is 5.65. The summed E-state index contributed by atoms with van der Waals surface area (Å²) in [6, 6.07) is 0. The molecule has 2 N–H and O–H groups in total. The molecular weight excluding hydrogens is 270 g/mol. The molecule has 0 bridgehead atoms. The lowest BCUT2D eigenvalue weighted by molar-refractivity contribution is -0.151. The number of alkyl carbamates (subject to hydrolysis) is 1. The fraction of sp³-hybridized carbons (Fsp3) is 0.875. The molecule has 1 saturated carbocycles. The molecule has 0 saturated heterocycles. The van der Waals surface area contributed by atoms with E-state index < -0.39 is 23.1 Å².